The fourth-order valence-electron chi connectivity index (χ4n) is 2.36. The minimum atomic E-state index is 0.694. The lowest BCUT2D eigenvalue weighted by Gasteiger charge is -2.26. The molecule has 0 bridgehead atoms. The summed E-state index contributed by atoms with van der Waals surface area (Å²) in [5.41, 5.74) is 0. The molecule has 1 aliphatic rings. The number of hydrogen-bond acceptors (Lipinski definition) is 3. The van der Waals surface area contributed by atoms with E-state index in [9.17, 15) is 0 Å². The van der Waals surface area contributed by atoms with Crippen molar-refractivity contribution in [2.45, 2.75) is 25.7 Å². The molecule has 4 heteroatoms. The van der Waals surface area contributed by atoms with E-state index in [1.807, 2.05) is 24.3 Å². The molecule has 0 unspecified atom stereocenters. The molecule has 0 amide bonds. The Hall–Kier alpha value is -0.770. The first kappa shape index (κ1) is 15.6. The van der Waals surface area contributed by atoms with Crippen LogP contribution < -0.4 is 4.74 Å². The summed E-state index contributed by atoms with van der Waals surface area (Å²) in [6.07, 6.45) is 4.85. The van der Waals surface area contributed by atoms with Gasteiger partial charge in [0.15, 0.2) is 0 Å². The van der Waals surface area contributed by atoms with Gasteiger partial charge in [-0.1, -0.05) is 36.6 Å². The van der Waals surface area contributed by atoms with Crippen LogP contribution in [0.15, 0.2) is 24.3 Å². The molecule has 2 rings (SSSR count). The molecule has 1 aliphatic heterocycles. The van der Waals surface area contributed by atoms with Crippen molar-refractivity contribution in [3.63, 3.8) is 0 Å². The molecule has 0 N–H and O–H groups in total. The Morgan fingerprint density at radius 2 is 1.80 bits per heavy atom. The second-order valence-corrected chi connectivity index (χ2v) is 5.55. The molecule has 1 aromatic carbocycles. The van der Waals surface area contributed by atoms with Gasteiger partial charge >= 0.3 is 0 Å². The minimum Gasteiger partial charge on any atom is -0.492 e. The maximum absolute atomic E-state index is 6.03. The van der Waals surface area contributed by atoms with Crippen molar-refractivity contribution >= 4 is 11.6 Å². The third-order valence-electron chi connectivity index (χ3n) is 3.57. The fraction of sp³-hybridized carbons (Fsp3) is 0.625. The molecule has 0 radical (unpaired) electrons. The third-order valence-corrected chi connectivity index (χ3v) is 3.88. The van der Waals surface area contributed by atoms with Gasteiger partial charge in [0.25, 0.3) is 0 Å². The summed E-state index contributed by atoms with van der Waals surface area (Å²) in [5, 5.41) is 0.694. The summed E-state index contributed by atoms with van der Waals surface area (Å²) in [7, 11) is 0. The van der Waals surface area contributed by atoms with Crippen LogP contribution >= 0.6 is 11.6 Å². The smallest absolute Gasteiger partial charge is 0.137 e. The van der Waals surface area contributed by atoms with Crippen LogP contribution in [-0.4, -0.2) is 44.4 Å². The normalized spacial score (nSPS) is 16.2. The van der Waals surface area contributed by atoms with E-state index in [2.05, 4.69) is 4.90 Å². The number of hydrogen-bond donors (Lipinski definition) is 0. The first-order valence-electron chi connectivity index (χ1n) is 7.54. The molecule has 112 valence electrons. The second kappa shape index (κ2) is 9.22. The highest BCUT2D eigenvalue weighted by molar-refractivity contribution is 6.32. The molecule has 0 atom stereocenters. The molecule has 1 heterocycles. The lowest BCUT2D eigenvalue weighted by Crippen LogP contribution is -2.36. The van der Waals surface area contributed by atoms with Gasteiger partial charge in [-0.3, -0.25) is 4.90 Å². The van der Waals surface area contributed by atoms with Crippen molar-refractivity contribution in [3.8, 4) is 5.75 Å². The average molecular weight is 298 g/mol. The molecule has 0 aliphatic carbocycles. The first-order valence-corrected chi connectivity index (χ1v) is 7.91. The van der Waals surface area contributed by atoms with Crippen LogP contribution in [0.3, 0.4) is 0 Å². The highest BCUT2D eigenvalue weighted by Gasteiger charge is 2.08. The quantitative estimate of drug-likeness (QED) is 0.684. The fourth-order valence-corrected chi connectivity index (χ4v) is 2.55. The monoisotopic (exact) mass is 297 g/mol. The molecule has 0 spiro atoms. The Balaban J connectivity index is 1.46. The van der Waals surface area contributed by atoms with Gasteiger partial charge in [-0.15, -0.1) is 0 Å². The number of benzene rings is 1. The topological polar surface area (TPSA) is 21.7 Å². The van der Waals surface area contributed by atoms with Crippen LogP contribution in [0.2, 0.25) is 5.02 Å². The summed E-state index contributed by atoms with van der Waals surface area (Å²) in [5.74, 6) is 0.794. The molecule has 1 aromatic rings. The van der Waals surface area contributed by atoms with Gasteiger partial charge in [0, 0.05) is 13.1 Å². The molecule has 0 saturated carbocycles. The lowest BCUT2D eigenvalue weighted by molar-refractivity contribution is 0.0371. The Morgan fingerprint density at radius 3 is 2.60 bits per heavy atom. The number of para-hydroxylation sites is 1. The largest absolute Gasteiger partial charge is 0.492 e. The van der Waals surface area contributed by atoms with Gasteiger partial charge in [0.2, 0.25) is 0 Å². The molecule has 1 fully saturated rings. The van der Waals surface area contributed by atoms with Crippen molar-refractivity contribution in [2.75, 3.05) is 39.5 Å². The van der Waals surface area contributed by atoms with E-state index >= 15 is 0 Å². The van der Waals surface area contributed by atoms with Crippen molar-refractivity contribution in [3.05, 3.63) is 29.3 Å². The van der Waals surface area contributed by atoms with Crippen molar-refractivity contribution in [1.82, 2.24) is 4.90 Å². The Bertz CT molecular complexity index is 380. The van der Waals surface area contributed by atoms with Gasteiger partial charge in [-0.25, -0.2) is 0 Å². The zero-order chi connectivity index (χ0) is 14.0. The molecular formula is C16H24ClNO2. The van der Waals surface area contributed by atoms with Crippen molar-refractivity contribution in [2.24, 2.45) is 0 Å². The number of halogens is 1. The predicted octanol–water partition coefficient (Wildman–Crippen LogP) is 3.61. The number of morpholine rings is 1. The lowest BCUT2D eigenvalue weighted by atomic mass is 10.2. The van der Waals surface area contributed by atoms with E-state index in [4.69, 9.17) is 21.1 Å². The van der Waals surface area contributed by atoms with E-state index < -0.39 is 0 Å². The highest BCUT2D eigenvalue weighted by atomic mass is 35.5. The van der Waals surface area contributed by atoms with Crippen LogP contribution in [-0.2, 0) is 4.74 Å². The number of ether oxygens (including phenoxy) is 2. The zero-order valence-electron chi connectivity index (χ0n) is 12.0. The van der Waals surface area contributed by atoms with E-state index in [0.717, 1.165) is 45.1 Å². The van der Waals surface area contributed by atoms with Gasteiger partial charge in [0.1, 0.15) is 5.75 Å². The van der Waals surface area contributed by atoms with E-state index in [1.54, 1.807) is 0 Å². The molecule has 0 aromatic heterocycles. The summed E-state index contributed by atoms with van der Waals surface area (Å²) in [4.78, 5) is 2.49. The Labute approximate surface area is 126 Å². The molecule has 3 nitrogen and oxygen atoms in total. The average Bonchev–Trinajstić information content (AvgIpc) is 2.49. The first-order chi connectivity index (χ1) is 9.86. The van der Waals surface area contributed by atoms with Crippen LogP contribution in [0.1, 0.15) is 25.7 Å². The highest BCUT2D eigenvalue weighted by Crippen LogP contribution is 2.23. The Kier molecular flexibility index (Phi) is 7.20. The van der Waals surface area contributed by atoms with Gasteiger partial charge in [-0.2, -0.15) is 0 Å². The molecular weight excluding hydrogens is 274 g/mol. The third kappa shape index (κ3) is 5.70. The SMILES string of the molecule is Clc1ccccc1OCCCCCCN1CCOCC1. The van der Waals surface area contributed by atoms with Crippen molar-refractivity contribution in [1.29, 1.82) is 0 Å². The molecule has 1 saturated heterocycles. The number of nitrogens with zero attached hydrogens (tertiary/aromatic N) is 1. The van der Waals surface area contributed by atoms with Crippen LogP contribution in [0.4, 0.5) is 0 Å². The van der Waals surface area contributed by atoms with E-state index in [-0.39, 0.29) is 0 Å². The number of rotatable bonds is 8. The van der Waals surface area contributed by atoms with E-state index in [1.165, 1.54) is 25.8 Å². The Morgan fingerprint density at radius 1 is 1.05 bits per heavy atom. The van der Waals surface area contributed by atoms with Crippen LogP contribution in [0.25, 0.3) is 0 Å². The predicted molar refractivity (Wildman–Crippen MR) is 82.7 cm³/mol. The van der Waals surface area contributed by atoms with Crippen LogP contribution in [0, 0.1) is 0 Å². The van der Waals surface area contributed by atoms with E-state index in [0.29, 0.717) is 5.02 Å². The minimum absolute atomic E-state index is 0.694. The summed E-state index contributed by atoms with van der Waals surface area (Å²) in [6, 6.07) is 7.64. The summed E-state index contributed by atoms with van der Waals surface area (Å²) < 4.78 is 11.0. The maximum Gasteiger partial charge on any atom is 0.137 e. The second-order valence-electron chi connectivity index (χ2n) is 5.15. The zero-order valence-corrected chi connectivity index (χ0v) is 12.8. The van der Waals surface area contributed by atoms with Crippen LogP contribution in [0.5, 0.6) is 5.75 Å². The maximum atomic E-state index is 6.03. The standard InChI is InChI=1S/C16H24ClNO2/c17-15-7-3-4-8-16(15)20-12-6-2-1-5-9-18-10-13-19-14-11-18/h3-4,7-8H,1-2,5-6,9-14H2. The van der Waals surface area contributed by atoms with Crippen molar-refractivity contribution < 1.29 is 9.47 Å². The van der Waals surface area contributed by atoms with Gasteiger partial charge < -0.3 is 9.47 Å². The number of unbranched alkanes of at least 4 members (excludes halogenated alkanes) is 3. The summed E-state index contributed by atoms with van der Waals surface area (Å²) in [6.45, 7) is 5.93. The summed E-state index contributed by atoms with van der Waals surface area (Å²) >= 11 is 6.03. The molecule has 20 heavy (non-hydrogen) atoms. The van der Waals surface area contributed by atoms with Gasteiger partial charge in [-0.05, 0) is 31.5 Å². The van der Waals surface area contributed by atoms with Gasteiger partial charge in [0.05, 0.1) is 24.8 Å².